The van der Waals surface area contributed by atoms with E-state index in [0.717, 1.165) is 25.9 Å². The standard InChI is InChI=1S/C16H22Cl2N2O/c1-11(2)20-9-7-12(8-10-20)19(3)16(21)15-13(17)5-4-6-14(15)18/h4-6,11-12H,7-10H2,1-3H3. The molecule has 0 N–H and O–H groups in total. The zero-order valence-electron chi connectivity index (χ0n) is 12.8. The highest BCUT2D eigenvalue weighted by molar-refractivity contribution is 6.39. The van der Waals surface area contributed by atoms with Gasteiger partial charge < -0.3 is 9.80 Å². The first-order valence-corrected chi connectivity index (χ1v) is 8.12. The van der Waals surface area contributed by atoms with E-state index in [4.69, 9.17) is 23.2 Å². The van der Waals surface area contributed by atoms with Crippen LogP contribution in [0.15, 0.2) is 18.2 Å². The van der Waals surface area contributed by atoms with Crippen LogP contribution >= 0.6 is 23.2 Å². The van der Waals surface area contributed by atoms with Gasteiger partial charge in [0.15, 0.2) is 0 Å². The molecule has 0 atom stereocenters. The largest absolute Gasteiger partial charge is 0.339 e. The first-order valence-electron chi connectivity index (χ1n) is 7.37. The normalized spacial score (nSPS) is 17.2. The lowest BCUT2D eigenvalue weighted by molar-refractivity contribution is 0.0615. The van der Waals surface area contributed by atoms with Crippen LogP contribution in [-0.2, 0) is 0 Å². The Morgan fingerprint density at radius 3 is 2.24 bits per heavy atom. The van der Waals surface area contributed by atoms with Crippen LogP contribution in [0.5, 0.6) is 0 Å². The first kappa shape index (κ1) is 16.6. The second-order valence-corrected chi connectivity index (χ2v) is 6.69. The van der Waals surface area contributed by atoms with E-state index in [1.807, 2.05) is 7.05 Å². The summed E-state index contributed by atoms with van der Waals surface area (Å²) >= 11 is 12.3. The van der Waals surface area contributed by atoms with E-state index in [1.54, 1.807) is 23.1 Å². The van der Waals surface area contributed by atoms with Crippen LogP contribution in [0.25, 0.3) is 0 Å². The zero-order valence-corrected chi connectivity index (χ0v) is 14.3. The number of amides is 1. The van der Waals surface area contributed by atoms with E-state index in [0.29, 0.717) is 21.7 Å². The Balaban J connectivity index is 2.07. The highest BCUT2D eigenvalue weighted by atomic mass is 35.5. The summed E-state index contributed by atoms with van der Waals surface area (Å²) in [4.78, 5) is 16.9. The molecular formula is C16H22Cl2N2O. The number of hydrogen-bond acceptors (Lipinski definition) is 2. The molecule has 1 aliphatic heterocycles. The number of carbonyl (C=O) groups is 1. The predicted molar refractivity (Wildman–Crippen MR) is 88.3 cm³/mol. The van der Waals surface area contributed by atoms with Gasteiger partial charge in [-0.3, -0.25) is 4.79 Å². The fraction of sp³-hybridized carbons (Fsp3) is 0.562. The van der Waals surface area contributed by atoms with Gasteiger partial charge in [-0.05, 0) is 38.8 Å². The topological polar surface area (TPSA) is 23.6 Å². The Morgan fingerprint density at radius 2 is 1.76 bits per heavy atom. The molecule has 1 aliphatic rings. The van der Waals surface area contributed by atoms with Gasteiger partial charge in [-0.25, -0.2) is 0 Å². The van der Waals surface area contributed by atoms with Crippen molar-refractivity contribution < 1.29 is 4.79 Å². The first-order chi connectivity index (χ1) is 9.91. The Hall–Kier alpha value is -0.770. The average Bonchev–Trinajstić information content (AvgIpc) is 2.46. The van der Waals surface area contributed by atoms with Gasteiger partial charge in [-0.15, -0.1) is 0 Å². The third-order valence-electron chi connectivity index (χ3n) is 4.27. The molecule has 0 aromatic heterocycles. The fourth-order valence-corrected chi connectivity index (χ4v) is 3.39. The van der Waals surface area contributed by atoms with E-state index >= 15 is 0 Å². The average molecular weight is 329 g/mol. The molecule has 1 aromatic carbocycles. The van der Waals surface area contributed by atoms with Crippen LogP contribution < -0.4 is 0 Å². The van der Waals surface area contributed by atoms with Gasteiger partial charge in [-0.1, -0.05) is 29.3 Å². The molecule has 0 radical (unpaired) electrons. The van der Waals surface area contributed by atoms with Crippen molar-refractivity contribution in [1.29, 1.82) is 0 Å². The van der Waals surface area contributed by atoms with Gasteiger partial charge >= 0.3 is 0 Å². The molecule has 1 saturated heterocycles. The molecule has 0 aliphatic carbocycles. The maximum Gasteiger partial charge on any atom is 0.256 e. The summed E-state index contributed by atoms with van der Waals surface area (Å²) in [5.41, 5.74) is 0.412. The lowest BCUT2D eigenvalue weighted by atomic mass is 10.0. The number of likely N-dealkylation sites (tertiary alicyclic amines) is 1. The summed E-state index contributed by atoms with van der Waals surface area (Å²) in [6, 6.07) is 5.97. The van der Waals surface area contributed by atoms with Crippen LogP contribution in [0.3, 0.4) is 0 Å². The molecule has 1 amide bonds. The predicted octanol–water partition coefficient (Wildman–Crippen LogP) is 3.94. The van der Waals surface area contributed by atoms with Crippen molar-refractivity contribution >= 4 is 29.1 Å². The molecular weight excluding hydrogens is 307 g/mol. The van der Waals surface area contributed by atoms with Crippen molar-refractivity contribution in [3.05, 3.63) is 33.8 Å². The third-order valence-corrected chi connectivity index (χ3v) is 4.90. The highest BCUT2D eigenvalue weighted by Gasteiger charge is 2.28. The van der Waals surface area contributed by atoms with Crippen molar-refractivity contribution in [2.75, 3.05) is 20.1 Å². The minimum Gasteiger partial charge on any atom is -0.339 e. The zero-order chi connectivity index (χ0) is 15.6. The molecule has 0 saturated carbocycles. The number of carbonyl (C=O) groups excluding carboxylic acids is 1. The van der Waals surface area contributed by atoms with E-state index in [1.165, 1.54) is 0 Å². The summed E-state index contributed by atoms with van der Waals surface area (Å²) in [7, 11) is 1.84. The van der Waals surface area contributed by atoms with Crippen LogP contribution in [0.1, 0.15) is 37.0 Å². The smallest absolute Gasteiger partial charge is 0.256 e. The van der Waals surface area contributed by atoms with Crippen molar-refractivity contribution in [2.45, 2.75) is 38.8 Å². The number of rotatable bonds is 3. The lowest BCUT2D eigenvalue weighted by Crippen LogP contribution is -2.47. The highest BCUT2D eigenvalue weighted by Crippen LogP contribution is 2.27. The number of piperidine rings is 1. The maximum absolute atomic E-state index is 12.6. The Kier molecular flexibility index (Phi) is 5.53. The molecule has 116 valence electrons. The maximum atomic E-state index is 12.6. The summed E-state index contributed by atoms with van der Waals surface area (Å²) in [6.07, 6.45) is 1.98. The Labute approximate surface area is 136 Å². The fourth-order valence-electron chi connectivity index (χ4n) is 2.83. The van der Waals surface area contributed by atoms with Gasteiger partial charge in [-0.2, -0.15) is 0 Å². The van der Waals surface area contributed by atoms with Gasteiger partial charge in [0.05, 0.1) is 15.6 Å². The minimum atomic E-state index is -0.0893. The van der Waals surface area contributed by atoms with Crippen LogP contribution in [-0.4, -0.2) is 47.9 Å². The van der Waals surface area contributed by atoms with Gasteiger partial charge in [0.1, 0.15) is 0 Å². The quantitative estimate of drug-likeness (QED) is 0.839. The lowest BCUT2D eigenvalue weighted by Gasteiger charge is -2.38. The van der Waals surface area contributed by atoms with Crippen LogP contribution in [0.4, 0.5) is 0 Å². The number of benzene rings is 1. The monoisotopic (exact) mass is 328 g/mol. The minimum absolute atomic E-state index is 0.0893. The second-order valence-electron chi connectivity index (χ2n) is 5.87. The second kappa shape index (κ2) is 6.99. The molecule has 21 heavy (non-hydrogen) atoms. The molecule has 3 nitrogen and oxygen atoms in total. The Morgan fingerprint density at radius 1 is 1.24 bits per heavy atom. The summed E-state index contributed by atoms with van der Waals surface area (Å²) in [5, 5.41) is 0.831. The molecule has 0 bridgehead atoms. The van der Waals surface area contributed by atoms with Crippen molar-refractivity contribution in [3.63, 3.8) is 0 Å². The molecule has 0 unspecified atom stereocenters. The van der Waals surface area contributed by atoms with Gasteiger partial charge in [0, 0.05) is 32.2 Å². The van der Waals surface area contributed by atoms with Crippen molar-refractivity contribution in [2.24, 2.45) is 0 Å². The summed E-state index contributed by atoms with van der Waals surface area (Å²) in [6.45, 7) is 6.46. The summed E-state index contributed by atoms with van der Waals surface area (Å²) < 4.78 is 0. The number of nitrogens with zero attached hydrogens (tertiary/aromatic N) is 2. The van der Waals surface area contributed by atoms with Crippen molar-refractivity contribution in [3.8, 4) is 0 Å². The third kappa shape index (κ3) is 3.71. The molecule has 5 heteroatoms. The van der Waals surface area contributed by atoms with Crippen LogP contribution in [0, 0.1) is 0 Å². The number of halogens is 2. The molecule has 1 aromatic rings. The van der Waals surface area contributed by atoms with E-state index in [-0.39, 0.29) is 11.9 Å². The Bertz CT molecular complexity index is 491. The molecule has 1 heterocycles. The van der Waals surface area contributed by atoms with Gasteiger partial charge in [0.2, 0.25) is 0 Å². The van der Waals surface area contributed by atoms with Crippen molar-refractivity contribution in [1.82, 2.24) is 9.80 Å². The van der Waals surface area contributed by atoms with E-state index in [9.17, 15) is 4.79 Å². The molecule has 2 rings (SSSR count). The molecule has 0 spiro atoms. The SMILES string of the molecule is CC(C)N1CCC(N(C)C(=O)c2c(Cl)cccc2Cl)CC1. The number of hydrogen-bond donors (Lipinski definition) is 0. The van der Waals surface area contributed by atoms with Gasteiger partial charge in [0.25, 0.3) is 5.91 Å². The van der Waals surface area contributed by atoms with E-state index < -0.39 is 0 Å². The summed E-state index contributed by atoms with van der Waals surface area (Å²) in [5.74, 6) is -0.0893. The van der Waals surface area contributed by atoms with Crippen LogP contribution in [0.2, 0.25) is 10.0 Å². The molecule has 1 fully saturated rings. The van der Waals surface area contributed by atoms with E-state index in [2.05, 4.69) is 18.7 Å².